The molecular weight excluding hydrogens is 260 g/mol. The molecule has 4 heteroatoms. The van der Waals surface area contributed by atoms with Gasteiger partial charge in [0.25, 0.3) is 0 Å². The highest BCUT2D eigenvalue weighted by molar-refractivity contribution is 5.80. The van der Waals surface area contributed by atoms with E-state index in [2.05, 4.69) is 49.3 Å². The van der Waals surface area contributed by atoms with Gasteiger partial charge >= 0.3 is 0 Å². The predicted octanol–water partition coefficient (Wildman–Crippen LogP) is 3.22. The van der Waals surface area contributed by atoms with E-state index in [0.29, 0.717) is 6.04 Å². The third-order valence-corrected chi connectivity index (χ3v) is 4.30. The summed E-state index contributed by atoms with van der Waals surface area (Å²) in [5.74, 6) is 0.740. The van der Waals surface area contributed by atoms with Crippen molar-refractivity contribution in [3.63, 3.8) is 0 Å². The molecule has 4 N–H and O–H groups in total. The summed E-state index contributed by atoms with van der Waals surface area (Å²) in [6.07, 6.45) is 1.24. The van der Waals surface area contributed by atoms with Gasteiger partial charge in [-0.1, -0.05) is 6.92 Å². The minimum atomic E-state index is 0.264. The van der Waals surface area contributed by atoms with Crippen molar-refractivity contribution in [1.29, 1.82) is 0 Å². The summed E-state index contributed by atoms with van der Waals surface area (Å²) in [4.78, 5) is 2.45. The van der Waals surface area contributed by atoms with Crippen LogP contribution in [0, 0.1) is 5.92 Å². The van der Waals surface area contributed by atoms with Gasteiger partial charge < -0.3 is 21.3 Å². The third kappa shape index (κ3) is 3.43. The van der Waals surface area contributed by atoms with E-state index in [9.17, 15) is 0 Å². The maximum Gasteiger partial charge on any atom is 0.0669 e. The summed E-state index contributed by atoms with van der Waals surface area (Å²) in [6, 6.07) is 4.82. The van der Waals surface area contributed by atoms with Crippen molar-refractivity contribution in [2.75, 3.05) is 36.1 Å². The van der Waals surface area contributed by atoms with Crippen molar-refractivity contribution in [2.24, 2.45) is 5.92 Å². The van der Waals surface area contributed by atoms with Gasteiger partial charge in [0.15, 0.2) is 0 Å². The molecule has 0 saturated carbocycles. The van der Waals surface area contributed by atoms with Gasteiger partial charge in [0.2, 0.25) is 0 Å². The molecular formula is C17H30N4. The van der Waals surface area contributed by atoms with Gasteiger partial charge in [-0.15, -0.1) is 0 Å². The van der Waals surface area contributed by atoms with E-state index in [0.717, 1.165) is 24.7 Å². The first kappa shape index (κ1) is 16.0. The summed E-state index contributed by atoms with van der Waals surface area (Å²) in [6.45, 7) is 11.0. The molecule has 0 bridgehead atoms. The molecule has 1 saturated heterocycles. The van der Waals surface area contributed by atoms with Crippen LogP contribution in [-0.4, -0.2) is 26.2 Å². The van der Waals surface area contributed by atoms with Gasteiger partial charge in [-0.05, 0) is 52.3 Å². The van der Waals surface area contributed by atoms with Crippen LogP contribution in [0.2, 0.25) is 0 Å². The monoisotopic (exact) mass is 290 g/mol. The molecule has 0 amide bonds. The first-order chi connectivity index (χ1) is 9.93. The second kappa shape index (κ2) is 6.56. The van der Waals surface area contributed by atoms with Crippen LogP contribution in [0.15, 0.2) is 12.1 Å². The Bertz CT molecular complexity index is 484. The number of anilines is 3. The van der Waals surface area contributed by atoms with Crippen LogP contribution < -0.4 is 21.3 Å². The summed E-state index contributed by atoms with van der Waals surface area (Å²) in [5, 5.41) is 6.94. The molecule has 21 heavy (non-hydrogen) atoms. The number of nitrogens with zero attached hydrogens (tertiary/aromatic N) is 1. The minimum Gasteiger partial charge on any atom is -0.397 e. The normalized spacial score (nSPS) is 20.1. The lowest BCUT2D eigenvalue weighted by molar-refractivity contribution is 0.645. The Morgan fingerprint density at radius 1 is 1.29 bits per heavy atom. The standard InChI is InChI=1S/C17H30N4/c1-11(2)20-15-7-6-14(18)17(16(15)13(4)19-5)21-9-8-12(3)10-21/h6-7,11-13,19-20H,8-10,18H2,1-5H3/t12-,13?/m0/s1. The first-order valence-electron chi connectivity index (χ1n) is 8.05. The summed E-state index contributed by atoms with van der Waals surface area (Å²) >= 11 is 0. The maximum atomic E-state index is 6.34. The Labute approximate surface area is 129 Å². The lowest BCUT2D eigenvalue weighted by Gasteiger charge is -2.29. The SMILES string of the molecule is CNC(C)c1c(NC(C)C)ccc(N)c1N1CC[C@H](C)C1. The van der Waals surface area contributed by atoms with E-state index >= 15 is 0 Å². The molecule has 1 aromatic carbocycles. The van der Waals surface area contributed by atoms with Crippen molar-refractivity contribution >= 4 is 17.1 Å². The first-order valence-corrected chi connectivity index (χ1v) is 8.05. The maximum absolute atomic E-state index is 6.34. The second-order valence-corrected chi connectivity index (χ2v) is 6.61. The fraction of sp³-hybridized carbons (Fsp3) is 0.647. The van der Waals surface area contributed by atoms with Gasteiger partial charge in [0.1, 0.15) is 0 Å². The average Bonchev–Trinajstić information content (AvgIpc) is 2.85. The lowest BCUT2D eigenvalue weighted by Crippen LogP contribution is -2.26. The Morgan fingerprint density at radius 2 is 2.00 bits per heavy atom. The number of hydrogen-bond donors (Lipinski definition) is 3. The van der Waals surface area contributed by atoms with Crippen LogP contribution in [0.1, 0.15) is 45.7 Å². The summed E-state index contributed by atoms with van der Waals surface area (Å²) in [5.41, 5.74) is 10.9. The molecule has 1 unspecified atom stereocenters. The zero-order valence-corrected chi connectivity index (χ0v) is 14.0. The molecule has 118 valence electrons. The molecule has 1 fully saturated rings. The van der Waals surface area contributed by atoms with Gasteiger partial charge in [-0.3, -0.25) is 0 Å². The number of nitrogens with one attached hydrogen (secondary N) is 2. The average molecular weight is 290 g/mol. The molecule has 2 atom stereocenters. The predicted molar refractivity (Wildman–Crippen MR) is 93.1 cm³/mol. The van der Waals surface area contributed by atoms with Crippen molar-refractivity contribution < 1.29 is 0 Å². The fourth-order valence-corrected chi connectivity index (χ4v) is 3.14. The Hall–Kier alpha value is -1.42. The van der Waals surface area contributed by atoms with Crippen LogP contribution in [0.4, 0.5) is 17.1 Å². The molecule has 0 spiro atoms. The second-order valence-electron chi connectivity index (χ2n) is 6.61. The molecule has 4 nitrogen and oxygen atoms in total. The lowest BCUT2D eigenvalue weighted by atomic mass is 10.0. The minimum absolute atomic E-state index is 0.264. The highest BCUT2D eigenvalue weighted by atomic mass is 15.2. The van der Waals surface area contributed by atoms with Crippen LogP contribution in [0.25, 0.3) is 0 Å². The Kier molecular flexibility index (Phi) is 4.99. The number of rotatable bonds is 5. The van der Waals surface area contributed by atoms with Gasteiger partial charge in [-0.2, -0.15) is 0 Å². The molecule has 1 aliphatic rings. The highest BCUT2D eigenvalue weighted by Crippen LogP contribution is 2.40. The van der Waals surface area contributed by atoms with Crippen LogP contribution >= 0.6 is 0 Å². The zero-order valence-electron chi connectivity index (χ0n) is 14.0. The number of hydrogen-bond acceptors (Lipinski definition) is 4. The van der Waals surface area contributed by atoms with Crippen molar-refractivity contribution in [1.82, 2.24) is 5.32 Å². The molecule has 1 aromatic rings. The quantitative estimate of drug-likeness (QED) is 0.729. The van der Waals surface area contributed by atoms with Gasteiger partial charge in [0, 0.05) is 36.4 Å². The van der Waals surface area contributed by atoms with E-state index in [1.165, 1.54) is 23.4 Å². The third-order valence-electron chi connectivity index (χ3n) is 4.30. The van der Waals surface area contributed by atoms with Crippen LogP contribution in [0.5, 0.6) is 0 Å². The fourth-order valence-electron chi connectivity index (χ4n) is 3.14. The van der Waals surface area contributed by atoms with Crippen molar-refractivity contribution in [2.45, 2.75) is 46.2 Å². The highest BCUT2D eigenvalue weighted by Gasteiger charge is 2.26. The van der Waals surface area contributed by atoms with E-state index in [1.54, 1.807) is 0 Å². The van der Waals surface area contributed by atoms with E-state index in [4.69, 9.17) is 5.73 Å². The van der Waals surface area contributed by atoms with E-state index < -0.39 is 0 Å². The van der Waals surface area contributed by atoms with Crippen LogP contribution in [-0.2, 0) is 0 Å². The Balaban J connectivity index is 2.49. The zero-order chi connectivity index (χ0) is 15.6. The largest absolute Gasteiger partial charge is 0.397 e. The number of benzene rings is 1. The molecule has 1 aliphatic heterocycles. The number of nitrogens with two attached hydrogens (primary N) is 1. The molecule has 2 rings (SSSR count). The molecule has 0 aliphatic carbocycles. The van der Waals surface area contributed by atoms with Gasteiger partial charge in [0.05, 0.1) is 11.4 Å². The van der Waals surface area contributed by atoms with Crippen LogP contribution in [0.3, 0.4) is 0 Å². The smallest absolute Gasteiger partial charge is 0.0669 e. The summed E-state index contributed by atoms with van der Waals surface area (Å²) < 4.78 is 0. The summed E-state index contributed by atoms with van der Waals surface area (Å²) in [7, 11) is 2.00. The van der Waals surface area contributed by atoms with Gasteiger partial charge in [-0.25, -0.2) is 0 Å². The molecule has 1 heterocycles. The van der Waals surface area contributed by atoms with Crippen molar-refractivity contribution in [3.8, 4) is 0 Å². The molecule has 0 aromatic heterocycles. The molecule has 0 radical (unpaired) electrons. The Morgan fingerprint density at radius 3 is 2.52 bits per heavy atom. The van der Waals surface area contributed by atoms with Crippen molar-refractivity contribution in [3.05, 3.63) is 17.7 Å². The van der Waals surface area contributed by atoms with E-state index in [1.807, 2.05) is 13.1 Å². The number of nitrogen functional groups attached to an aromatic ring is 1. The van der Waals surface area contributed by atoms with E-state index in [-0.39, 0.29) is 6.04 Å². The topological polar surface area (TPSA) is 53.3 Å².